The van der Waals surface area contributed by atoms with E-state index in [0.29, 0.717) is 0 Å². The first-order valence-corrected chi connectivity index (χ1v) is 5.85. The van der Waals surface area contributed by atoms with Crippen LogP contribution < -0.4 is 5.32 Å². The molecule has 0 aliphatic heterocycles. The second-order valence-corrected chi connectivity index (χ2v) is 4.64. The largest absolute Gasteiger partial charge is 0.378 e. The third kappa shape index (κ3) is 1.93. The van der Waals surface area contributed by atoms with Gasteiger partial charge >= 0.3 is 0 Å². The fourth-order valence-corrected chi connectivity index (χ4v) is 2.62. The summed E-state index contributed by atoms with van der Waals surface area (Å²) in [4.78, 5) is 4.48. The molecule has 0 amide bonds. The number of hydrogen-bond acceptors (Lipinski definition) is 3. The minimum Gasteiger partial charge on any atom is -0.378 e. The quantitative estimate of drug-likeness (QED) is 0.861. The van der Waals surface area contributed by atoms with Crippen LogP contribution in [0.1, 0.15) is 11.3 Å². The highest BCUT2D eigenvalue weighted by Gasteiger charge is 2.10. The van der Waals surface area contributed by atoms with Crippen LogP contribution in [-0.2, 0) is 0 Å². The van der Waals surface area contributed by atoms with E-state index in [-0.39, 0.29) is 5.82 Å². The maximum atomic E-state index is 13.0. The van der Waals surface area contributed by atoms with Gasteiger partial charge in [0.25, 0.3) is 0 Å². The first-order valence-electron chi connectivity index (χ1n) is 5.03. The Morgan fingerprint density at radius 1 is 1.31 bits per heavy atom. The van der Waals surface area contributed by atoms with E-state index in [1.165, 1.54) is 12.1 Å². The maximum absolute atomic E-state index is 13.0. The van der Waals surface area contributed by atoms with Gasteiger partial charge in [-0.05, 0) is 37.6 Å². The van der Waals surface area contributed by atoms with Crippen LogP contribution in [0.5, 0.6) is 0 Å². The van der Waals surface area contributed by atoms with Gasteiger partial charge < -0.3 is 5.32 Å². The van der Waals surface area contributed by atoms with Gasteiger partial charge in [0.05, 0.1) is 5.69 Å². The van der Waals surface area contributed by atoms with Crippen LogP contribution in [0.15, 0.2) is 18.2 Å². The Bertz CT molecular complexity index is 520. The van der Waals surface area contributed by atoms with Crippen LogP contribution >= 0.6 is 11.3 Å². The topological polar surface area (TPSA) is 24.9 Å². The minimum atomic E-state index is -0.205. The van der Waals surface area contributed by atoms with Crippen LogP contribution in [-0.4, -0.2) is 12.0 Å². The number of rotatable bonds is 2. The maximum Gasteiger partial charge on any atom is 0.125 e. The van der Waals surface area contributed by atoms with Crippen LogP contribution in [0.25, 0.3) is 10.6 Å². The van der Waals surface area contributed by atoms with Gasteiger partial charge in [-0.3, -0.25) is 0 Å². The lowest BCUT2D eigenvalue weighted by atomic mass is 10.1. The Hall–Kier alpha value is -1.42. The normalized spacial score (nSPS) is 10.5. The average molecular weight is 236 g/mol. The monoisotopic (exact) mass is 236 g/mol. The Morgan fingerprint density at radius 2 is 2.06 bits per heavy atom. The van der Waals surface area contributed by atoms with Gasteiger partial charge in [0, 0.05) is 12.6 Å². The van der Waals surface area contributed by atoms with Gasteiger partial charge in [0.1, 0.15) is 15.8 Å². The molecular formula is C12H13FN2S. The molecule has 1 aromatic heterocycles. The van der Waals surface area contributed by atoms with E-state index in [9.17, 15) is 4.39 Å². The summed E-state index contributed by atoms with van der Waals surface area (Å²) < 4.78 is 13.0. The van der Waals surface area contributed by atoms with E-state index < -0.39 is 0 Å². The third-order valence-corrected chi connectivity index (χ3v) is 3.65. The lowest BCUT2D eigenvalue weighted by molar-refractivity contribution is 0.627. The molecule has 0 radical (unpaired) electrons. The van der Waals surface area contributed by atoms with Gasteiger partial charge in [-0.2, -0.15) is 0 Å². The number of hydrogen-bond donors (Lipinski definition) is 1. The van der Waals surface area contributed by atoms with Crippen molar-refractivity contribution in [3.8, 4) is 10.6 Å². The summed E-state index contributed by atoms with van der Waals surface area (Å²) in [7, 11) is 1.88. The lowest BCUT2D eigenvalue weighted by Gasteiger charge is -2.01. The van der Waals surface area contributed by atoms with Gasteiger partial charge in [0.2, 0.25) is 0 Å². The zero-order valence-corrected chi connectivity index (χ0v) is 10.3. The van der Waals surface area contributed by atoms with E-state index in [1.807, 2.05) is 20.9 Å². The van der Waals surface area contributed by atoms with Crippen LogP contribution in [0.3, 0.4) is 0 Å². The molecule has 4 heteroatoms. The van der Waals surface area contributed by atoms with E-state index in [2.05, 4.69) is 10.3 Å². The van der Waals surface area contributed by atoms with Crippen molar-refractivity contribution in [2.24, 2.45) is 0 Å². The highest BCUT2D eigenvalue weighted by atomic mass is 32.1. The highest BCUT2D eigenvalue weighted by molar-refractivity contribution is 7.19. The van der Waals surface area contributed by atoms with Crippen molar-refractivity contribution in [3.63, 3.8) is 0 Å². The fraction of sp³-hybridized carbons (Fsp3) is 0.250. The van der Waals surface area contributed by atoms with Crippen molar-refractivity contribution < 1.29 is 4.39 Å². The summed E-state index contributed by atoms with van der Waals surface area (Å²) in [5.41, 5.74) is 2.89. The molecule has 16 heavy (non-hydrogen) atoms. The number of aryl methyl sites for hydroxylation is 2. The summed E-state index contributed by atoms with van der Waals surface area (Å²) >= 11 is 1.59. The average Bonchev–Trinajstić information content (AvgIpc) is 2.59. The standard InChI is InChI=1S/C12H13FN2S/c1-7-6-9(13)4-5-10(7)12-15-8(2)11(14-3)16-12/h4-6,14H,1-3H3. The molecule has 2 nitrogen and oxygen atoms in total. The number of benzene rings is 1. The number of thiazole rings is 1. The van der Waals surface area contributed by atoms with Gasteiger partial charge in [-0.1, -0.05) is 11.3 Å². The van der Waals surface area contributed by atoms with Crippen molar-refractivity contribution in [2.45, 2.75) is 13.8 Å². The molecule has 84 valence electrons. The SMILES string of the molecule is CNc1sc(-c2ccc(F)cc2C)nc1C. The second kappa shape index (κ2) is 4.22. The Balaban J connectivity index is 2.50. The molecule has 1 N–H and O–H groups in total. The highest BCUT2D eigenvalue weighted by Crippen LogP contribution is 2.33. The van der Waals surface area contributed by atoms with Crippen molar-refractivity contribution in [1.82, 2.24) is 4.98 Å². The third-order valence-electron chi connectivity index (χ3n) is 2.44. The van der Waals surface area contributed by atoms with Crippen molar-refractivity contribution in [1.29, 1.82) is 0 Å². The molecule has 0 saturated carbocycles. The van der Waals surface area contributed by atoms with Crippen molar-refractivity contribution >= 4 is 16.3 Å². The fourth-order valence-electron chi connectivity index (χ4n) is 1.61. The molecule has 0 saturated heterocycles. The summed E-state index contributed by atoms with van der Waals surface area (Å²) in [6.45, 7) is 3.86. The molecule has 0 aliphatic carbocycles. The Labute approximate surface area is 98.2 Å². The molecule has 2 aromatic rings. The first-order chi connectivity index (χ1) is 7.61. The smallest absolute Gasteiger partial charge is 0.125 e. The van der Waals surface area contributed by atoms with Crippen molar-refractivity contribution in [2.75, 3.05) is 12.4 Å². The van der Waals surface area contributed by atoms with Crippen LogP contribution in [0.4, 0.5) is 9.39 Å². The molecule has 0 atom stereocenters. The summed E-state index contributed by atoms with van der Waals surface area (Å²) in [6.07, 6.45) is 0. The van der Waals surface area contributed by atoms with E-state index in [0.717, 1.165) is 26.8 Å². The van der Waals surface area contributed by atoms with Crippen LogP contribution in [0.2, 0.25) is 0 Å². The lowest BCUT2D eigenvalue weighted by Crippen LogP contribution is -1.86. The van der Waals surface area contributed by atoms with E-state index in [4.69, 9.17) is 0 Å². The Kier molecular flexibility index (Phi) is 2.92. The van der Waals surface area contributed by atoms with Gasteiger partial charge in [0.15, 0.2) is 0 Å². The van der Waals surface area contributed by atoms with Crippen molar-refractivity contribution in [3.05, 3.63) is 35.3 Å². The summed E-state index contributed by atoms with van der Waals surface area (Å²) in [5, 5.41) is 5.08. The predicted octanol–water partition coefficient (Wildman–Crippen LogP) is 3.61. The van der Waals surface area contributed by atoms with Crippen LogP contribution in [0, 0.1) is 19.7 Å². The minimum absolute atomic E-state index is 0.205. The summed E-state index contributed by atoms with van der Waals surface area (Å²) in [5.74, 6) is -0.205. The Morgan fingerprint density at radius 3 is 2.62 bits per heavy atom. The second-order valence-electron chi connectivity index (χ2n) is 3.64. The molecule has 2 rings (SSSR count). The molecule has 1 aromatic carbocycles. The molecule has 0 spiro atoms. The van der Waals surface area contributed by atoms with E-state index in [1.54, 1.807) is 17.4 Å². The van der Waals surface area contributed by atoms with Gasteiger partial charge in [-0.25, -0.2) is 9.37 Å². The molecule has 0 unspecified atom stereocenters. The zero-order chi connectivity index (χ0) is 11.7. The van der Waals surface area contributed by atoms with Gasteiger partial charge in [-0.15, -0.1) is 0 Å². The number of halogens is 1. The number of aromatic nitrogens is 1. The predicted molar refractivity (Wildman–Crippen MR) is 66.5 cm³/mol. The number of nitrogens with zero attached hydrogens (tertiary/aromatic N) is 1. The first kappa shape index (κ1) is 11.1. The van der Waals surface area contributed by atoms with E-state index >= 15 is 0 Å². The number of anilines is 1. The molecule has 1 heterocycles. The number of nitrogens with one attached hydrogen (secondary N) is 1. The molecule has 0 bridgehead atoms. The molecule has 0 aliphatic rings. The zero-order valence-electron chi connectivity index (χ0n) is 9.47. The summed E-state index contributed by atoms with van der Waals surface area (Å²) in [6, 6.07) is 4.78. The molecule has 0 fully saturated rings. The molecular weight excluding hydrogens is 223 g/mol.